The normalized spacial score (nSPS) is 10.4. The second kappa shape index (κ2) is 9.68. The van der Waals surface area contributed by atoms with Gasteiger partial charge < -0.3 is 15.5 Å². The van der Waals surface area contributed by atoms with E-state index in [1.807, 2.05) is 67.7 Å². The minimum atomic E-state index is -0.0891. The molecule has 1 aromatic heterocycles. The standard InChI is InChI=1S/C23H27N5O/c1-4-5-15-28(3)23-26-21(18-9-7-6-8-10-18)16-22(27-23)25-20-13-11-19(12-14-20)24-17(2)29/h6-14,16H,4-5,15H2,1-3H3,(H,24,29)(H,25,26,27). The lowest BCUT2D eigenvalue weighted by molar-refractivity contribution is -0.114. The topological polar surface area (TPSA) is 70.2 Å². The van der Waals surface area contributed by atoms with Gasteiger partial charge in [-0.25, -0.2) is 4.98 Å². The third kappa shape index (κ3) is 5.78. The first-order valence-electron chi connectivity index (χ1n) is 9.85. The third-order valence-corrected chi connectivity index (χ3v) is 4.45. The zero-order chi connectivity index (χ0) is 20.6. The second-order valence-corrected chi connectivity index (χ2v) is 6.96. The van der Waals surface area contributed by atoms with E-state index in [2.05, 4.69) is 22.5 Å². The van der Waals surface area contributed by atoms with Crippen LogP contribution in [0.1, 0.15) is 26.7 Å². The molecule has 2 aromatic carbocycles. The molecule has 6 nitrogen and oxygen atoms in total. The van der Waals surface area contributed by atoms with E-state index in [9.17, 15) is 4.79 Å². The van der Waals surface area contributed by atoms with Gasteiger partial charge in [0.25, 0.3) is 0 Å². The summed E-state index contributed by atoms with van der Waals surface area (Å²) in [5.41, 5.74) is 3.56. The van der Waals surface area contributed by atoms with E-state index in [1.165, 1.54) is 6.92 Å². The van der Waals surface area contributed by atoms with Gasteiger partial charge in [-0.3, -0.25) is 4.79 Å². The average Bonchev–Trinajstić information content (AvgIpc) is 2.73. The van der Waals surface area contributed by atoms with Gasteiger partial charge in [-0.1, -0.05) is 43.7 Å². The molecule has 2 N–H and O–H groups in total. The van der Waals surface area contributed by atoms with Gasteiger partial charge in [0.05, 0.1) is 5.69 Å². The summed E-state index contributed by atoms with van der Waals surface area (Å²) in [6.07, 6.45) is 2.21. The Morgan fingerprint density at radius 2 is 1.69 bits per heavy atom. The molecule has 29 heavy (non-hydrogen) atoms. The molecule has 0 aliphatic carbocycles. The van der Waals surface area contributed by atoms with Gasteiger partial charge in [-0.05, 0) is 30.7 Å². The number of aromatic nitrogens is 2. The van der Waals surface area contributed by atoms with Gasteiger partial charge in [0, 0.05) is 43.5 Å². The van der Waals surface area contributed by atoms with E-state index in [4.69, 9.17) is 9.97 Å². The number of hydrogen-bond acceptors (Lipinski definition) is 5. The van der Waals surface area contributed by atoms with Crippen LogP contribution < -0.4 is 15.5 Å². The van der Waals surface area contributed by atoms with E-state index in [-0.39, 0.29) is 5.91 Å². The molecule has 0 atom stereocenters. The second-order valence-electron chi connectivity index (χ2n) is 6.96. The van der Waals surface area contributed by atoms with Crippen LogP contribution in [0.4, 0.5) is 23.1 Å². The van der Waals surface area contributed by atoms with Gasteiger partial charge in [-0.2, -0.15) is 4.98 Å². The monoisotopic (exact) mass is 389 g/mol. The van der Waals surface area contributed by atoms with Crippen molar-refractivity contribution >= 4 is 29.0 Å². The van der Waals surface area contributed by atoms with Crippen LogP contribution in [0.25, 0.3) is 11.3 Å². The summed E-state index contributed by atoms with van der Waals surface area (Å²) in [6, 6.07) is 19.6. The smallest absolute Gasteiger partial charge is 0.227 e. The molecule has 0 saturated heterocycles. The molecule has 0 unspecified atom stereocenters. The van der Waals surface area contributed by atoms with Crippen LogP contribution in [-0.2, 0) is 4.79 Å². The number of nitrogens with one attached hydrogen (secondary N) is 2. The molecule has 1 heterocycles. The molecule has 0 aliphatic heterocycles. The van der Waals surface area contributed by atoms with Gasteiger partial charge >= 0.3 is 0 Å². The van der Waals surface area contributed by atoms with Gasteiger partial charge in [-0.15, -0.1) is 0 Å². The number of amides is 1. The Hall–Kier alpha value is -3.41. The highest BCUT2D eigenvalue weighted by atomic mass is 16.1. The highest BCUT2D eigenvalue weighted by Gasteiger charge is 2.11. The molecule has 3 rings (SSSR count). The number of anilines is 4. The first-order valence-corrected chi connectivity index (χ1v) is 9.85. The molecule has 0 spiro atoms. The van der Waals surface area contributed by atoms with E-state index in [0.717, 1.165) is 47.8 Å². The Bertz CT molecular complexity index is 941. The summed E-state index contributed by atoms with van der Waals surface area (Å²) in [6.45, 7) is 4.57. The Morgan fingerprint density at radius 1 is 1.00 bits per heavy atom. The molecule has 0 fully saturated rings. The quantitative estimate of drug-likeness (QED) is 0.562. The average molecular weight is 390 g/mol. The Morgan fingerprint density at radius 3 is 2.34 bits per heavy atom. The lowest BCUT2D eigenvalue weighted by Gasteiger charge is -2.19. The fourth-order valence-corrected chi connectivity index (χ4v) is 2.91. The number of carbonyl (C=O) groups is 1. The van der Waals surface area contributed by atoms with Crippen LogP contribution in [-0.4, -0.2) is 29.5 Å². The number of benzene rings is 2. The summed E-state index contributed by atoms with van der Waals surface area (Å²) in [5.74, 6) is 1.33. The maximum Gasteiger partial charge on any atom is 0.227 e. The zero-order valence-electron chi connectivity index (χ0n) is 17.1. The SMILES string of the molecule is CCCCN(C)c1nc(Nc2ccc(NC(C)=O)cc2)cc(-c2ccccc2)n1. The van der Waals surface area contributed by atoms with Crippen molar-refractivity contribution in [2.24, 2.45) is 0 Å². The first-order chi connectivity index (χ1) is 14.0. The minimum absolute atomic E-state index is 0.0891. The van der Waals surface area contributed by atoms with Crippen LogP contribution in [0.3, 0.4) is 0 Å². The molecule has 6 heteroatoms. The van der Waals surface area contributed by atoms with Crippen molar-refractivity contribution in [1.82, 2.24) is 9.97 Å². The fraction of sp³-hybridized carbons (Fsp3) is 0.261. The van der Waals surface area contributed by atoms with Gasteiger partial charge in [0.1, 0.15) is 5.82 Å². The van der Waals surface area contributed by atoms with Crippen molar-refractivity contribution in [1.29, 1.82) is 0 Å². The summed E-state index contributed by atoms with van der Waals surface area (Å²) >= 11 is 0. The van der Waals surface area contributed by atoms with Crippen LogP contribution in [0.5, 0.6) is 0 Å². The third-order valence-electron chi connectivity index (χ3n) is 4.45. The summed E-state index contributed by atoms with van der Waals surface area (Å²) in [5, 5.41) is 6.13. The van der Waals surface area contributed by atoms with Crippen molar-refractivity contribution in [3.05, 3.63) is 60.7 Å². The van der Waals surface area contributed by atoms with Crippen molar-refractivity contribution in [2.75, 3.05) is 29.1 Å². The number of carbonyl (C=O) groups excluding carboxylic acids is 1. The maximum atomic E-state index is 11.2. The van der Waals surface area contributed by atoms with Crippen LogP contribution in [0.15, 0.2) is 60.7 Å². The molecule has 0 aliphatic rings. The molecule has 0 bridgehead atoms. The van der Waals surface area contributed by atoms with E-state index in [1.54, 1.807) is 0 Å². The zero-order valence-corrected chi connectivity index (χ0v) is 17.1. The number of nitrogens with zero attached hydrogens (tertiary/aromatic N) is 3. The van der Waals surface area contributed by atoms with E-state index >= 15 is 0 Å². The number of hydrogen-bond donors (Lipinski definition) is 2. The Labute approximate surface area is 172 Å². The molecule has 1 amide bonds. The van der Waals surface area contributed by atoms with E-state index < -0.39 is 0 Å². The summed E-state index contributed by atoms with van der Waals surface area (Å²) in [4.78, 5) is 22.8. The molecule has 3 aromatic rings. The molecular formula is C23H27N5O. The van der Waals surface area contributed by atoms with Crippen LogP contribution in [0, 0.1) is 0 Å². The Balaban J connectivity index is 1.89. The molecule has 0 radical (unpaired) electrons. The van der Waals surface area contributed by atoms with Crippen molar-refractivity contribution < 1.29 is 4.79 Å². The van der Waals surface area contributed by atoms with Crippen molar-refractivity contribution in [3.8, 4) is 11.3 Å². The van der Waals surface area contributed by atoms with Crippen LogP contribution in [0.2, 0.25) is 0 Å². The van der Waals surface area contributed by atoms with Crippen LogP contribution >= 0.6 is 0 Å². The van der Waals surface area contributed by atoms with E-state index in [0.29, 0.717) is 5.95 Å². The minimum Gasteiger partial charge on any atom is -0.344 e. The number of rotatable bonds is 8. The maximum absolute atomic E-state index is 11.2. The lowest BCUT2D eigenvalue weighted by Crippen LogP contribution is -2.21. The van der Waals surface area contributed by atoms with Gasteiger partial charge in [0.15, 0.2) is 0 Å². The molecular weight excluding hydrogens is 362 g/mol. The highest BCUT2D eigenvalue weighted by Crippen LogP contribution is 2.25. The first kappa shape index (κ1) is 20.3. The highest BCUT2D eigenvalue weighted by molar-refractivity contribution is 5.88. The number of unbranched alkanes of at least 4 members (excludes halogenated alkanes) is 1. The predicted octanol–water partition coefficient (Wildman–Crippen LogP) is 5.08. The predicted molar refractivity (Wildman–Crippen MR) is 120 cm³/mol. The largest absolute Gasteiger partial charge is 0.344 e. The van der Waals surface area contributed by atoms with Crippen molar-refractivity contribution in [3.63, 3.8) is 0 Å². The van der Waals surface area contributed by atoms with Gasteiger partial charge in [0.2, 0.25) is 11.9 Å². The summed E-state index contributed by atoms with van der Waals surface area (Å²) < 4.78 is 0. The Kier molecular flexibility index (Phi) is 6.79. The lowest BCUT2D eigenvalue weighted by atomic mass is 10.1. The molecule has 0 saturated carbocycles. The summed E-state index contributed by atoms with van der Waals surface area (Å²) in [7, 11) is 2.02. The fourth-order valence-electron chi connectivity index (χ4n) is 2.91. The molecule has 150 valence electrons. The van der Waals surface area contributed by atoms with Crippen molar-refractivity contribution in [2.45, 2.75) is 26.7 Å².